The van der Waals surface area contributed by atoms with Gasteiger partial charge in [-0.2, -0.15) is 0 Å². The average molecular weight is 252 g/mol. The minimum Gasteiger partial charge on any atom is -0.378 e. The van der Waals surface area contributed by atoms with Crippen molar-refractivity contribution < 1.29 is 4.74 Å². The maximum atomic E-state index is 5.80. The quantitative estimate of drug-likeness (QED) is 0.766. The lowest BCUT2D eigenvalue weighted by atomic mass is 10.1. The van der Waals surface area contributed by atoms with Gasteiger partial charge in [-0.1, -0.05) is 24.3 Å². The number of ether oxygens (including phenoxy) is 1. The van der Waals surface area contributed by atoms with E-state index in [1.165, 1.54) is 24.0 Å². The van der Waals surface area contributed by atoms with Crippen LogP contribution >= 0.6 is 11.6 Å². The molecule has 3 heteroatoms. The summed E-state index contributed by atoms with van der Waals surface area (Å²) < 4.78 is 5.60. The predicted molar refractivity (Wildman–Crippen MR) is 69.2 cm³/mol. The third kappa shape index (κ3) is 2.35. The number of halogens is 1. The number of rotatable bonds is 3. The van der Waals surface area contributed by atoms with Gasteiger partial charge in [-0.15, -0.1) is 11.6 Å². The highest BCUT2D eigenvalue weighted by molar-refractivity contribution is 6.17. The van der Waals surface area contributed by atoms with Crippen LogP contribution in [0, 0.1) is 0 Å². The zero-order valence-electron chi connectivity index (χ0n) is 9.94. The molecule has 0 radical (unpaired) electrons. The maximum absolute atomic E-state index is 5.80. The topological polar surface area (TPSA) is 12.5 Å². The fraction of sp³-hybridized carbons (Fsp3) is 0.571. The minimum atomic E-state index is 0.600. The molecule has 2 bridgehead atoms. The summed E-state index contributed by atoms with van der Waals surface area (Å²) in [5.41, 5.74) is 2.58. The molecule has 0 saturated carbocycles. The second kappa shape index (κ2) is 4.97. The largest absolute Gasteiger partial charge is 0.378 e. The number of fused-ring (bicyclic) bond motifs is 2. The summed E-state index contributed by atoms with van der Waals surface area (Å²) >= 11 is 5.80. The second-order valence-corrected chi connectivity index (χ2v) is 5.31. The zero-order chi connectivity index (χ0) is 11.7. The van der Waals surface area contributed by atoms with Crippen molar-refractivity contribution >= 4 is 11.6 Å². The van der Waals surface area contributed by atoms with Crippen LogP contribution in [0.25, 0.3) is 0 Å². The van der Waals surface area contributed by atoms with Gasteiger partial charge in [0.2, 0.25) is 0 Å². The molecule has 2 fully saturated rings. The Morgan fingerprint density at radius 3 is 2.24 bits per heavy atom. The Labute approximate surface area is 108 Å². The number of hydrogen-bond donors (Lipinski definition) is 0. The van der Waals surface area contributed by atoms with Crippen LogP contribution in [-0.4, -0.2) is 30.2 Å². The maximum Gasteiger partial charge on any atom is 0.0622 e. The molecular formula is C14H18ClNO. The van der Waals surface area contributed by atoms with Crippen LogP contribution in [0.5, 0.6) is 0 Å². The van der Waals surface area contributed by atoms with E-state index in [0.717, 1.165) is 19.8 Å². The van der Waals surface area contributed by atoms with Crippen LogP contribution in [0.1, 0.15) is 24.0 Å². The van der Waals surface area contributed by atoms with E-state index in [9.17, 15) is 0 Å². The summed E-state index contributed by atoms with van der Waals surface area (Å²) in [6.45, 7) is 2.88. The molecule has 92 valence electrons. The average Bonchev–Trinajstić information content (AvgIpc) is 2.62. The Kier molecular flexibility index (Phi) is 3.37. The smallest absolute Gasteiger partial charge is 0.0622 e. The summed E-state index contributed by atoms with van der Waals surface area (Å²) in [5, 5.41) is 0. The Hall–Kier alpha value is -0.570. The van der Waals surface area contributed by atoms with Crippen molar-refractivity contribution in [2.24, 2.45) is 0 Å². The van der Waals surface area contributed by atoms with E-state index in [-0.39, 0.29) is 0 Å². The van der Waals surface area contributed by atoms with Gasteiger partial charge in [0.05, 0.1) is 13.2 Å². The van der Waals surface area contributed by atoms with Gasteiger partial charge in [0.25, 0.3) is 0 Å². The number of hydrogen-bond acceptors (Lipinski definition) is 2. The molecule has 0 N–H and O–H groups in total. The fourth-order valence-corrected chi connectivity index (χ4v) is 3.09. The van der Waals surface area contributed by atoms with Gasteiger partial charge in [0, 0.05) is 24.5 Å². The van der Waals surface area contributed by atoms with Crippen molar-refractivity contribution in [1.29, 1.82) is 0 Å². The van der Waals surface area contributed by atoms with Crippen LogP contribution in [-0.2, 0) is 17.2 Å². The highest BCUT2D eigenvalue weighted by atomic mass is 35.5. The molecule has 0 amide bonds. The molecule has 1 aromatic rings. The number of nitrogens with zero attached hydrogens (tertiary/aromatic N) is 1. The number of morpholine rings is 1. The van der Waals surface area contributed by atoms with Crippen molar-refractivity contribution in [3.8, 4) is 0 Å². The molecule has 1 aromatic carbocycles. The Bertz CT molecular complexity index is 362. The van der Waals surface area contributed by atoms with E-state index in [0.29, 0.717) is 18.0 Å². The van der Waals surface area contributed by atoms with Crippen molar-refractivity contribution in [1.82, 2.24) is 4.90 Å². The van der Waals surface area contributed by atoms with Crippen molar-refractivity contribution in [2.75, 3.05) is 13.2 Å². The van der Waals surface area contributed by atoms with Crippen LogP contribution in [0.3, 0.4) is 0 Å². The number of alkyl halides is 1. The van der Waals surface area contributed by atoms with Crippen LogP contribution in [0.2, 0.25) is 0 Å². The van der Waals surface area contributed by atoms with Gasteiger partial charge in [-0.25, -0.2) is 0 Å². The molecule has 2 aliphatic heterocycles. The molecule has 17 heavy (non-hydrogen) atoms. The van der Waals surface area contributed by atoms with E-state index in [4.69, 9.17) is 16.3 Å². The normalized spacial score (nSPS) is 28.5. The van der Waals surface area contributed by atoms with Crippen LogP contribution < -0.4 is 0 Å². The van der Waals surface area contributed by atoms with Gasteiger partial charge < -0.3 is 4.74 Å². The molecule has 2 unspecified atom stereocenters. The van der Waals surface area contributed by atoms with E-state index in [1.807, 2.05) is 0 Å². The van der Waals surface area contributed by atoms with Crippen LogP contribution in [0.4, 0.5) is 0 Å². The lowest BCUT2D eigenvalue weighted by Gasteiger charge is -2.34. The molecule has 2 aliphatic rings. The first-order chi connectivity index (χ1) is 8.36. The van der Waals surface area contributed by atoms with Gasteiger partial charge in [0.15, 0.2) is 0 Å². The van der Waals surface area contributed by atoms with Gasteiger partial charge in [-0.3, -0.25) is 4.90 Å². The fourth-order valence-electron chi connectivity index (χ4n) is 2.92. The summed E-state index contributed by atoms with van der Waals surface area (Å²) in [5.74, 6) is 0.600. The summed E-state index contributed by atoms with van der Waals surface area (Å²) in [6.07, 6.45) is 2.59. The summed E-state index contributed by atoms with van der Waals surface area (Å²) in [4.78, 5) is 2.61. The Balaban J connectivity index is 1.69. The van der Waals surface area contributed by atoms with Gasteiger partial charge in [0.1, 0.15) is 0 Å². The van der Waals surface area contributed by atoms with E-state index >= 15 is 0 Å². The van der Waals surface area contributed by atoms with E-state index in [2.05, 4.69) is 29.2 Å². The summed E-state index contributed by atoms with van der Waals surface area (Å²) in [7, 11) is 0. The van der Waals surface area contributed by atoms with Gasteiger partial charge in [-0.05, 0) is 24.0 Å². The lowest BCUT2D eigenvalue weighted by molar-refractivity contribution is -0.0186. The molecule has 3 rings (SSSR count). The van der Waals surface area contributed by atoms with Crippen molar-refractivity contribution in [2.45, 2.75) is 37.4 Å². The first-order valence-electron chi connectivity index (χ1n) is 6.34. The predicted octanol–water partition coefficient (Wildman–Crippen LogP) is 2.79. The van der Waals surface area contributed by atoms with Crippen molar-refractivity contribution in [3.63, 3.8) is 0 Å². The molecule has 0 aliphatic carbocycles. The molecule has 2 nitrogen and oxygen atoms in total. The summed E-state index contributed by atoms with van der Waals surface area (Å²) in [6, 6.07) is 9.94. The monoisotopic (exact) mass is 251 g/mol. The minimum absolute atomic E-state index is 0.600. The van der Waals surface area contributed by atoms with E-state index < -0.39 is 0 Å². The third-order valence-electron chi connectivity index (χ3n) is 3.93. The molecule has 0 spiro atoms. The van der Waals surface area contributed by atoms with Crippen molar-refractivity contribution in [3.05, 3.63) is 35.4 Å². The third-order valence-corrected chi connectivity index (χ3v) is 4.24. The molecule has 2 saturated heterocycles. The standard InChI is InChI=1S/C14H18ClNO/c15-7-11-1-3-12(4-2-11)8-16-13-5-6-14(16)10-17-9-13/h1-4,13-14H,5-10H2. The SMILES string of the molecule is ClCc1ccc(CN2C3CCC2COC3)cc1. The molecule has 2 atom stereocenters. The van der Waals surface area contributed by atoms with E-state index in [1.54, 1.807) is 0 Å². The van der Waals surface area contributed by atoms with Gasteiger partial charge >= 0.3 is 0 Å². The lowest BCUT2D eigenvalue weighted by Crippen LogP contribution is -2.45. The number of benzene rings is 1. The highest BCUT2D eigenvalue weighted by Gasteiger charge is 2.36. The second-order valence-electron chi connectivity index (χ2n) is 5.04. The Morgan fingerprint density at radius 1 is 1.06 bits per heavy atom. The first kappa shape index (κ1) is 11.5. The zero-order valence-corrected chi connectivity index (χ0v) is 10.7. The molecule has 2 heterocycles. The first-order valence-corrected chi connectivity index (χ1v) is 6.87. The van der Waals surface area contributed by atoms with Crippen LogP contribution in [0.15, 0.2) is 24.3 Å². The Morgan fingerprint density at radius 2 is 1.65 bits per heavy atom. The molecule has 0 aromatic heterocycles. The molecular weight excluding hydrogens is 234 g/mol. The highest BCUT2D eigenvalue weighted by Crippen LogP contribution is 2.30.